The van der Waals surface area contributed by atoms with Gasteiger partial charge in [0.1, 0.15) is 0 Å². The predicted octanol–water partition coefficient (Wildman–Crippen LogP) is 3.20. The van der Waals surface area contributed by atoms with E-state index in [1.807, 2.05) is 0 Å². The van der Waals surface area contributed by atoms with E-state index >= 15 is 0 Å². The van der Waals surface area contributed by atoms with E-state index in [9.17, 15) is 4.79 Å². The standard InChI is InChI=1S/C18H26N2O.ClH/c1-14-13-19-11-12-20(14)18(21)17-9-7-16(8-10-17)15-5-3-2-4-6-15;/h2-6,14,16-17,19H,7-13H2,1H3;1H. The van der Waals surface area contributed by atoms with Gasteiger partial charge in [0.2, 0.25) is 5.91 Å². The van der Waals surface area contributed by atoms with Gasteiger partial charge in [0.15, 0.2) is 0 Å². The molecule has 1 N–H and O–H groups in total. The Balaban J connectivity index is 0.00000176. The number of carbonyl (C=O) groups is 1. The van der Waals surface area contributed by atoms with Gasteiger partial charge >= 0.3 is 0 Å². The summed E-state index contributed by atoms with van der Waals surface area (Å²) in [7, 11) is 0. The second-order valence-electron chi connectivity index (χ2n) is 6.54. The normalized spacial score (nSPS) is 28.8. The third-order valence-corrected chi connectivity index (χ3v) is 5.13. The first-order chi connectivity index (χ1) is 10.3. The topological polar surface area (TPSA) is 32.3 Å². The van der Waals surface area contributed by atoms with Gasteiger partial charge in [0.05, 0.1) is 0 Å². The number of benzene rings is 1. The monoisotopic (exact) mass is 322 g/mol. The van der Waals surface area contributed by atoms with E-state index in [1.54, 1.807) is 0 Å². The fourth-order valence-corrected chi connectivity index (χ4v) is 3.80. The van der Waals surface area contributed by atoms with Crippen LogP contribution >= 0.6 is 12.4 Å². The van der Waals surface area contributed by atoms with E-state index < -0.39 is 0 Å². The first-order valence-electron chi connectivity index (χ1n) is 8.32. The van der Waals surface area contributed by atoms with Crippen molar-refractivity contribution >= 4 is 18.3 Å². The molecule has 1 atom stereocenters. The van der Waals surface area contributed by atoms with Crippen LogP contribution in [0, 0.1) is 5.92 Å². The molecule has 1 aromatic rings. The lowest BCUT2D eigenvalue weighted by molar-refractivity contribution is -0.139. The first kappa shape index (κ1) is 17.3. The summed E-state index contributed by atoms with van der Waals surface area (Å²) >= 11 is 0. The van der Waals surface area contributed by atoms with Gasteiger partial charge in [-0.15, -0.1) is 12.4 Å². The highest BCUT2D eigenvalue weighted by molar-refractivity contribution is 5.85. The van der Waals surface area contributed by atoms with E-state index in [1.165, 1.54) is 5.56 Å². The highest BCUT2D eigenvalue weighted by Crippen LogP contribution is 2.36. The summed E-state index contributed by atoms with van der Waals surface area (Å²) in [6, 6.07) is 11.1. The first-order valence-corrected chi connectivity index (χ1v) is 8.32. The summed E-state index contributed by atoms with van der Waals surface area (Å²) in [5.41, 5.74) is 1.44. The Morgan fingerprint density at radius 2 is 1.82 bits per heavy atom. The van der Waals surface area contributed by atoms with Crippen LogP contribution in [0.15, 0.2) is 30.3 Å². The highest BCUT2D eigenvalue weighted by Gasteiger charge is 2.32. The summed E-state index contributed by atoms with van der Waals surface area (Å²) in [6.45, 7) is 4.90. The predicted molar refractivity (Wildman–Crippen MR) is 92.4 cm³/mol. The number of rotatable bonds is 2. The maximum Gasteiger partial charge on any atom is 0.226 e. The Bertz CT molecular complexity index is 471. The minimum Gasteiger partial charge on any atom is -0.337 e. The smallest absolute Gasteiger partial charge is 0.226 e. The number of nitrogens with zero attached hydrogens (tertiary/aromatic N) is 1. The maximum absolute atomic E-state index is 12.7. The van der Waals surface area contributed by atoms with Crippen LogP contribution in [0.5, 0.6) is 0 Å². The fraction of sp³-hybridized carbons (Fsp3) is 0.611. The van der Waals surface area contributed by atoms with E-state index in [2.05, 4.69) is 47.5 Å². The number of carbonyl (C=O) groups excluding carboxylic acids is 1. The van der Waals surface area contributed by atoms with Gasteiger partial charge in [0, 0.05) is 31.6 Å². The van der Waals surface area contributed by atoms with Crippen molar-refractivity contribution < 1.29 is 4.79 Å². The molecule has 4 heteroatoms. The molecule has 2 aliphatic rings. The molecule has 3 nitrogen and oxygen atoms in total. The highest BCUT2D eigenvalue weighted by atomic mass is 35.5. The third-order valence-electron chi connectivity index (χ3n) is 5.13. The molecule has 1 aromatic carbocycles. The van der Waals surface area contributed by atoms with Crippen molar-refractivity contribution in [1.29, 1.82) is 0 Å². The second kappa shape index (κ2) is 7.98. The number of nitrogens with one attached hydrogen (secondary N) is 1. The van der Waals surface area contributed by atoms with Crippen molar-refractivity contribution in [2.45, 2.75) is 44.6 Å². The zero-order chi connectivity index (χ0) is 14.7. The quantitative estimate of drug-likeness (QED) is 0.907. The summed E-state index contributed by atoms with van der Waals surface area (Å²) in [6.07, 6.45) is 4.41. The molecule has 3 rings (SSSR count). The molecule has 1 amide bonds. The zero-order valence-electron chi connectivity index (χ0n) is 13.3. The molecule has 1 saturated carbocycles. The molecule has 122 valence electrons. The van der Waals surface area contributed by atoms with Gasteiger partial charge < -0.3 is 10.2 Å². The van der Waals surface area contributed by atoms with Crippen molar-refractivity contribution in [3.05, 3.63) is 35.9 Å². The Hall–Kier alpha value is -1.06. The van der Waals surface area contributed by atoms with Crippen LogP contribution in [-0.2, 0) is 4.79 Å². The van der Waals surface area contributed by atoms with Crippen LogP contribution in [0.25, 0.3) is 0 Å². The molecule has 1 heterocycles. The van der Waals surface area contributed by atoms with E-state index in [0.29, 0.717) is 17.9 Å². The summed E-state index contributed by atoms with van der Waals surface area (Å²) in [4.78, 5) is 14.8. The van der Waals surface area contributed by atoms with Gasteiger partial charge in [-0.25, -0.2) is 0 Å². The minimum absolute atomic E-state index is 0. The van der Waals surface area contributed by atoms with Gasteiger partial charge in [-0.1, -0.05) is 30.3 Å². The summed E-state index contributed by atoms with van der Waals surface area (Å²) < 4.78 is 0. The van der Waals surface area contributed by atoms with Crippen molar-refractivity contribution in [1.82, 2.24) is 10.2 Å². The zero-order valence-corrected chi connectivity index (χ0v) is 14.1. The number of amides is 1. The van der Waals surface area contributed by atoms with Crippen LogP contribution in [0.3, 0.4) is 0 Å². The van der Waals surface area contributed by atoms with E-state index in [-0.39, 0.29) is 18.3 Å². The molecule has 0 spiro atoms. The molecule has 2 fully saturated rings. The molecule has 1 unspecified atom stereocenters. The van der Waals surface area contributed by atoms with Gasteiger partial charge in [-0.3, -0.25) is 4.79 Å². The van der Waals surface area contributed by atoms with Crippen molar-refractivity contribution in [3.8, 4) is 0 Å². The number of piperazine rings is 1. The minimum atomic E-state index is 0. The lowest BCUT2D eigenvalue weighted by atomic mass is 9.78. The van der Waals surface area contributed by atoms with Crippen LogP contribution < -0.4 is 5.32 Å². The van der Waals surface area contributed by atoms with Crippen LogP contribution in [0.1, 0.15) is 44.1 Å². The second-order valence-corrected chi connectivity index (χ2v) is 6.54. The van der Waals surface area contributed by atoms with Gasteiger partial charge in [-0.2, -0.15) is 0 Å². The van der Waals surface area contributed by atoms with Crippen LogP contribution in [-0.4, -0.2) is 36.5 Å². The molecule has 0 bridgehead atoms. The maximum atomic E-state index is 12.7. The molecule has 1 aliphatic carbocycles. The van der Waals surface area contributed by atoms with Crippen molar-refractivity contribution in [2.24, 2.45) is 5.92 Å². The van der Waals surface area contributed by atoms with E-state index in [0.717, 1.165) is 45.3 Å². The molecule has 0 radical (unpaired) electrons. The van der Waals surface area contributed by atoms with E-state index in [4.69, 9.17) is 0 Å². The number of halogens is 1. The lowest BCUT2D eigenvalue weighted by Crippen LogP contribution is -2.54. The molecular formula is C18H27ClN2O. The molecule has 1 saturated heterocycles. The SMILES string of the molecule is CC1CNCCN1C(=O)C1CCC(c2ccccc2)CC1.Cl. The average Bonchev–Trinajstić information content (AvgIpc) is 2.56. The van der Waals surface area contributed by atoms with Gasteiger partial charge in [-0.05, 0) is 44.1 Å². The van der Waals surface area contributed by atoms with Gasteiger partial charge in [0.25, 0.3) is 0 Å². The fourth-order valence-electron chi connectivity index (χ4n) is 3.80. The third kappa shape index (κ3) is 3.82. The molecule has 1 aliphatic heterocycles. The Morgan fingerprint density at radius 3 is 2.45 bits per heavy atom. The summed E-state index contributed by atoms with van der Waals surface area (Å²) in [5, 5.41) is 3.36. The number of hydrogen-bond donors (Lipinski definition) is 1. The largest absolute Gasteiger partial charge is 0.337 e. The van der Waals surface area contributed by atoms with Crippen LogP contribution in [0.4, 0.5) is 0 Å². The molecular weight excluding hydrogens is 296 g/mol. The lowest BCUT2D eigenvalue weighted by Gasteiger charge is -2.38. The average molecular weight is 323 g/mol. The Morgan fingerprint density at radius 1 is 1.14 bits per heavy atom. The Labute approximate surface area is 139 Å². The number of hydrogen-bond acceptors (Lipinski definition) is 2. The molecule has 22 heavy (non-hydrogen) atoms. The van der Waals surface area contributed by atoms with Crippen LogP contribution in [0.2, 0.25) is 0 Å². The van der Waals surface area contributed by atoms with Crippen molar-refractivity contribution in [2.75, 3.05) is 19.6 Å². The molecule has 0 aromatic heterocycles. The Kier molecular flexibility index (Phi) is 6.27. The van der Waals surface area contributed by atoms with Crippen molar-refractivity contribution in [3.63, 3.8) is 0 Å². The summed E-state index contributed by atoms with van der Waals surface area (Å²) in [5.74, 6) is 1.30.